The highest BCUT2D eigenvalue weighted by molar-refractivity contribution is 5.18. The summed E-state index contributed by atoms with van der Waals surface area (Å²) in [6.07, 6.45) is 3.45. The largest absolute Gasteiger partial charge is 0.376 e. The molecule has 2 saturated heterocycles. The lowest BCUT2D eigenvalue weighted by molar-refractivity contribution is -0.0553. The van der Waals surface area contributed by atoms with E-state index in [1.807, 2.05) is 0 Å². The number of hydrogen-bond donors (Lipinski definition) is 0. The summed E-state index contributed by atoms with van der Waals surface area (Å²) in [6, 6.07) is 0.696. The number of nitrogens with zero attached hydrogens (tertiary/aromatic N) is 1. The van der Waals surface area contributed by atoms with E-state index in [1.54, 1.807) is 0 Å². The van der Waals surface area contributed by atoms with Gasteiger partial charge >= 0.3 is 0 Å². The van der Waals surface area contributed by atoms with E-state index in [2.05, 4.69) is 32.7 Å². The first-order valence-electron chi connectivity index (χ1n) is 7.87. The third kappa shape index (κ3) is 1.13. The summed E-state index contributed by atoms with van der Waals surface area (Å²) in [5, 5.41) is 0. The summed E-state index contributed by atoms with van der Waals surface area (Å²) in [5.74, 6) is 4.32. The van der Waals surface area contributed by atoms with Crippen LogP contribution in [0, 0.1) is 35.0 Å². The first kappa shape index (κ1) is 11.7. The molecule has 2 aliphatic heterocycles. The highest BCUT2D eigenvalue weighted by atomic mass is 16.5. The Hall–Kier alpha value is -0.0800. The second-order valence-corrected chi connectivity index (χ2v) is 7.91. The van der Waals surface area contributed by atoms with Gasteiger partial charge in [-0.05, 0) is 54.9 Å². The Balaban J connectivity index is 1.81. The van der Waals surface area contributed by atoms with Gasteiger partial charge in [0.15, 0.2) is 0 Å². The van der Waals surface area contributed by atoms with Gasteiger partial charge in [-0.3, -0.25) is 4.90 Å². The maximum Gasteiger partial charge on any atom is 0.0769 e. The molecule has 0 spiro atoms. The van der Waals surface area contributed by atoms with Gasteiger partial charge < -0.3 is 4.74 Å². The predicted molar refractivity (Wildman–Crippen MR) is 72.3 cm³/mol. The SMILES string of the molecule is CC(C)[C@H]1[C@@H]2CO[C@H]1[C@H]1N(C)C[C@H]3CC[C@@H]2[C@]31C. The Bertz CT molecular complexity index is 368. The highest BCUT2D eigenvalue weighted by Gasteiger charge is 2.68. The molecule has 0 aromatic heterocycles. The molecule has 0 N–H and O–H groups in total. The average Bonchev–Trinajstić information content (AvgIpc) is 2.87. The number of ether oxygens (including phenoxy) is 1. The van der Waals surface area contributed by atoms with Gasteiger partial charge in [-0.25, -0.2) is 0 Å². The lowest BCUT2D eigenvalue weighted by atomic mass is 9.55. The molecule has 2 aliphatic carbocycles. The molecule has 2 bridgehead atoms. The molecule has 2 nitrogen and oxygen atoms in total. The van der Waals surface area contributed by atoms with Crippen molar-refractivity contribution in [2.75, 3.05) is 20.2 Å². The summed E-state index contributed by atoms with van der Waals surface area (Å²) in [6.45, 7) is 9.77. The Morgan fingerprint density at radius 3 is 2.78 bits per heavy atom. The van der Waals surface area contributed by atoms with Crippen LogP contribution in [0.2, 0.25) is 0 Å². The minimum Gasteiger partial charge on any atom is -0.376 e. The van der Waals surface area contributed by atoms with Crippen molar-refractivity contribution in [1.82, 2.24) is 4.90 Å². The van der Waals surface area contributed by atoms with Crippen LogP contribution >= 0.6 is 0 Å². The maximum atomic E-state index is 6.31. The lowest BCUT2D eigenvalue weighted by Gasteiger charge is -2.51. The van der Waals surface area contributed by atoms with Gasteiger partial charge in [-0.2, -0.15) is 0 Å². The second kappa shape index (κ2) is 3.52. The molecule has 4 aliphatic rings. The molecule has 2 saturated carbocycles. The van der Waals surface area contributed by atoms with E-state index in [4.69, 9.17) is 4.74 Å². The van der Waals surface area contributed by atoms with Crippen molar-refractivity contribution in [3.05, 3.63) is 0 Å². The summed E-state index contributed by atoms with van der Waals surface area (Å²) in [4.78, 5) is 2.64. The second-order valence-electron chi connectivity index (χ2n) is 7.91. The first-order chi connectivity index (χ1) is 8.55. The maximum absolute atomic E-state index is 6.31. The monoisotopic (exact) mass is 249 g/mol. The Morgan fingerprint density at radius 1 is 1.28 bits per heavy atom. The van der Waals surface area contributed by atoms with Gasteiger partial charge in [0.1, 0.15) is 0 Å². The van der Waals surface area contributed by atoms with Crippen LogP contribution < -0.4 is 0 Å². The number of rotatable bonds is 1. The van der Waals surface area contributed by atoms with Gasteiger partial charge in [-0.15, -0.1) is 0 Å². The van der Waals surface area contributed by atoms with Crippen molar-refractivity contribution < 1.29 is 4.74 Å². The van der Waals surface area contributed by atoms with Crippen molar-refractivity contribution in [3.63, 3.8) is 0 Å². The fourth-order valence-electron chi connectivity index (χ4n) is 6.52. The van der Waals surface area contributed by atoms with Crippen molar-refractivity contribution in [2.24, 2.45) is 35.0 Å². The van der Waals surface area contributed by atoms with Crippen molar-refractivity contribution in [3.8, 4) is 0 Å². The minimum absolute atomic E-state index is 0.518. The third-order valence-electron chi connectivity index (χ3n) is 7.08. The molecule has 0 aromatic rings. The van der Waals surface area contributed by atoms with Crippen LogP contribution in [0.5, 0.6) is 0 Å². The molecule has 102 valence electrons. The smallest absolute Gasteiger partial charge is 0.0769 e. The molecule has 0 aromatic carbocycles. The van der Waals surface area contributed by atoms with Crippen molar-refractivity contribution in [2.45, 2.75) is 45.8 Å². The van der Waals surface area contributed by atoms with Gasteiger partial charge in [0, 0.05) is 12.6 Å². The quantitative estimate of drug-likeness (QED) is 0.708. The van der Waals surface area contributed by atoms with Crippen LogP contribution in [0.15, 0.2) is 0 Å². The average molecular weight is 249 g/mol. The Morgan fingerprint density at radius 2 is 2.06 bits per heavy atom. The topological polar surface area (TPSA) is 12.5 Å². The van der Waals surface area contributed by atoms with Crippen LogP contribution in [-0.4, -0.2) is 37.2 Å². The zero-order valence-electron chi connectivity index (χ0n) is 12.2. The molecule has 4 rings (SSSR count). The normalized spacial score (nSPS) is 58.5. The molecule has 0 radical (unpaired) electrons. The van der Waals surface area contributed by atoms with Crippen LogP contribution in [0.1, 0.15) is 33.6 Å². The van der Waals surface area contributed by atoms with E-state index >= 15 is 0 Å². The molecular weight excluding hydrogens is 222 g/mol. The lowest BCUT2D eigenvalue weighted by Crippen LogP contribution is -2.57. The van der Waals surface area contributed by atoms with Crippen molar-refractivity contribution >= 4 is 0 Å². The van der Waals surface area contributed by atoms with E-state index in [0.717, 1.165) is 36.2 Å². The number of likely N-dealkylation sites (N-methyl/N-ethyl adjacent to an activating group) is 1. The summed E-state index contributed by atoms with van der Waals surface area (Å²) < 4.78 is 6.31. The zero-order chi connectivity index (χ0) is 12.7. The summed E-state index contributed by atoms with van der Waals surface area (Å²) >= 11 is 0. The van der Waals surface area contributed by atoms with Crippen LogP contribution in [-0.2, 0) is 4.74 Å². The summed E-state index contributed by atoms with van der Waals surface area (Å²) in [7, 11) is 2.34. The molecule has 18 heavy (non-hydrogen) atoms. The van der Waals surface area contributed by atoms with Crippen LogP contribution in [0.25, 0.3) is 0 Å². The van der Waals surface area contributed by atoms with Crippen molar-refractivity contribution in [1.29, 1.82) is 0 Å². The highest BCUT2D eigenvalue weighted by Crippen LogP contribution is 2.66. The van der Waals surface area contributed by atoms with Crippen LogP contribution in [0.3, 0.4) is 0 Å². The summed E-state index contributed by atoms with van der Waals surface area (Å²) in [5.41, 5.74) is 0.561. The molecular formula is C16H27NO. The fourth-order valence-corrected chi connectivity index (χ4v) is 6.52. The Labute approximate surface area is 111 Å². The Kier molecular flexibility index (Phi) is 2.29. The fraction of sp³-hybridized carbons (Fsp3) is 1.00. The third-order valence-corrected chi connectivity index (χ3v) is 7.08. The molecule has 2 heterocycles. The molecule has 2 heteroatoms. The molecule has 7 atom stereocenters. The van der Waals surface area contributed by atoms with E-state index in [0.29, 0.717) is 17.6 Å². The minimum atomic E-state index is 0.518. The van der Waals surface area contributed by atoms with Gasteiger partial charge in [0.2, 0.25) is 0 Å². The van der Waals surface area contributed by atoms with Crippen LogP contribution in [0.4, 0.5) is 0 Å². The van der Waals surface area contributed by atoms with Gasteiger partial charge in [0.05, 0.1) is 12.7 Å². The number of hydrogen-bond acceptors (Lipinski definition) is 2. The standard InChI is InChI=1S/C16H27NO/c1-9(2)13-11-8-18-14(13)15-16(3)10(7-17(15)4)5-6-12(11)16/h9-15H,5-8H2,1-4H3/t10-,11-,12+,13+,14-,15-,16+/m1/s1. The zero-order valence-corrected chi connectivity index (χ0v) is 12.2. The number of fused-ring (bicyclic) bond motifs is 4. The molecule has 0 amide bonds. The van der Waals surface area contributed by atoms with E-state index in [-0.39, 0.29) is 0 Å². The van der Waals surface area contributed by atoms with E-state index in [1.165, 1.54) is 19.4 Å². The van der Waals surface area contributed by atoms with E-state index < -0.39 is 0 Å². The molecule has 0 unspecified atom stereocenters. The molecule has 4 fully saturated rings. The van der Waals surface area contributed by atoms with E-state index in [9.17, 15) is 0 Å². The first-order valence-corrected chi connectivity index (χ1v) is 7.87. The predicted octanol–water partition coefficient (Wildman–Crippen LogP) is 2.63. The van der Waals surface area contributed by atoms with Gasteiger partial charge in [0.25, 0.3) is 0 Å². The van der Waals surface area contributed by atoms with Gasteiger partial charge in [-0.1, -0.05) is 20.8 Å². The number of likely N-dealkylation sites (tertiary alicyclic amines) is 1.